The molecule has 0 aliphatic carbocycles. The lowest BCUT2D eigenvalue weighted by atomic mass is 9.88. The molecule has 20 nitrogen and oxygen atoms in total. The molecule has 368 valence electrons. The Bertz CT molecular complexity index is 2040. The minimum absolute atomic E-state index is 0.0753. The van der Waals surface area contributed by atoms with E-state index in [-0.39, 0.29) is 69.6 Å². The number of aliphatic hydroxyl groups excluding tert-OH is 1. The number of para-hydroxylation sites is 1. The van der Waals surface area contributed by atoms with Crippen LogP contribution in [0.1, 0.15) is 109 Å². The number of benzene rings is 2. The highest BCUT2D eigenvalue weighted by Gasteiger charge is 2.34. The van der Waals surface area contributed by atoms with E-state index in [9.17, 15) is 63.3 Å². The molecule has 0 fully saturated rings. The van der Waals surface area contributed by atoms with Gasteiger partial charge in [0.25, 0.3) is 0 Å². The van der Waals surface area contributed by atoms with Crippen LogP contribution < -0.4 is 38.1 Å². The number of rotatable bonds is 32. The maximum Gasteiger partial charge on any atom is 0.323 e. The normalized spacial score (nSPS) is 13.7. The van der Waals surface area contributed by atoms with E-state index < -0.39 is 108 Å². The first-order chi connectivity index (χ1) is 31.6. The van der Waals surface area contributed by atoms with E-state index in [1.165, 1.54) is 6.92 Å². The van der Waals surface area contributed by atoms with Crippen molar-refractivity contribution in [2.75, 3.05) is 17.2 Å². The third kappa shape index (κ3) is 22.4. The number of ketones is 3. The number of carboxylic acids is 2. The molecule has 6 atom stereocenters. The Labute approximate surface area is 390 Å². The summed E-state index contributed by atoms with van der Waals surface area (Å²) in [6, 6.07) is 10.0. The molecule has 7 amide bonds. The van der Waals surface area contributed by atoms with Crippen molar-refractivity contribution in [2.45, 2.75) is 129 Å². The van der Waals surface area contributed by atoms with E-state index in [4.69, 9.17) is 11.5 Å². The fourth-order valence-electron chi connectivity index (χ4n) is 7.30. The first-order valence-corrected chi connectivity index (χ1v) is 22.4. The van der Waals surface area contributed by atoms with Crippen molar-refractivity contribution >= 4 is 70.4 Å². The number of nitrogens with one attached hydrogen (secondary N) is 5. The summed E-state index contributed by atoms with van der Waals surface area (Å²) >= 11 is 0. The van der Waals surface area contributed by atoms with Crippen LogP contribution in [0.5, 0.6) is 0 Å². The quantitative estimate of drug-likeness (QED) is 0.0468. The number of aliphatic hydroxyl groups is 1. The van der Waals surface area contributed by atoms with Gasteiger partial charge in [-0.25, -0.2) is 9.59 Å². The standard InChI is InChI=1S/C47H67N7O13/c1-27(2)22-38(40(58)26-35(29(4)55)43(48)63)53-45(65)32(17-20-42(61)62)25-39(57)37(13-9-14-41(59)60)52-44(64)31(11-7-8-21-50-46(49)66)24-34(56)23-30-15-18-33(19-16-30)51-47(67)54-36-12-6-5-10-28(36)3/h5-6,10,12,15-16,18-19,27,29,31-32,35,37-38,55H,7-9,11,13-14,17,20-26H2,1-4H3,(H2,48,63)(H,52,64)(H,53,65)(H,59,60)(H,61,62)(H3,49,50,66)(H2,51,54,67)/t29?,31-,32+,35+,37+,38-/m1/s1. The highest BCUT2D eigenvalue weighted by Crippen LogP contribution is 2.22. The van der Waals surface area contributed by atoms with Crippen molar-refractivity contribution in [1.29, 1.82) is 0 Å². The fourth-order valence-corrected chi connectivity index (χ4v) is 7.30. The van der Waals surface area contributed by atoms with Crippen LogP contribution in [0.2, 0.25) is 0 Å². The highest BCUT2D eigenvalue weighted by molar-refractivity contribution is 6.00. The number of anilines is 2. The molecule has 2 aromatic rings. The van der Waals surface area contributed by atoms with Gasteiger partial charge in [-0.1, -0.05) is 50.6 Å². The first kappa shape index (κ1) is 56.4. The zero-order valence-electron chi connectivity index (χ0n) is 38.6. The summed E-state index contributed by atoms with van der Waals surface area (Å²) in [7, 11) is 0. The predicted molar refractivity (Wildman–Crippen MR) is 247 cm³/mol. The van der Waals surface area contributed by atoms with Crippen LogP contribution >= 0.6 is 0 Å². The van der Waals surface area contributed by atoms with Gasteiger partial charge in [0, 0.05) is 68.3 Å². The summed E-state index contributed by atoms with van der Waals surface area (Å²) in [6.45, 7) is 6.88. The molecule has 12 N–H and O–H groups in total. The van der Waals surface area contributed by atoms with Crippen LogP contribution in [0.25, 0.3) is 0 Å². The zero-order valence-corrected chi connectivity index (χ0v) is 38.6. The number of carboxylic acid groups (broad SMARTS) is 2. The summed E-state index contributed by atoms with van der Waals surface area (Å²) in [4.78, 5) is 128. The van der Waals surface area contributed by atoms with Crippen molar-refractivity contribution in [3.05, 3.63) is 59.7 Å². The second-order valence-electron chi connectivity index (χ2n) is 17.3. The lowest BCUT2D eigenvalue weighted by molar-refractivity contribution is -0.139. The van der Waals surface area contributed by atoms with Crippen molar-refractivity contribution in [2.24, 2.45) is 35.1 Å². The van der Waals surface area contributed by atoms with Gasteiger partial charge in [-0.05, 0) is 87.6 Å². The summed E-state index contributed by atoms with van der Waals surface area (Å²) in [5, 5.41) is 42.1. The van der Waals surface area contributed by atoms with Gasteiger partial charge in [-0.2, -0.15) is 0 Å². The molecule has 0 bridgehead atoms. The van der Waals surface area contributed by atoms with E-state index in [1.807, 2.05) is 19.1 Å². The Morgan fingerprint density at radius 2 is 1.25 bits per heavy atom. The number of aryl methyl sites for hydroxylation is 1. The van der Waals surface area contributed by atoms with Gasteiger partial charge < -0.3 is 53.4 Å². The number of amides is 7. The number of urea groups is 2. The Morgan fingerprint density at radius 3 is 1.82 bits per heavy atom. The largest absolute Gasteiger partial charge is 0.481 e. The van der Waals surface area contributed by atoms with Crippen LogP contribution in [-0.2, 0) is 44.8 Å². The van der Waals surface area contributed by atoms with Crippen molar-refractivity contribution < 1.29 is 63.3 Å². The average molecular weight is 938 g/mol. The summed E-state index contributed by atoms with van der Waals surface area (Å²) < 4.78 is 0. The number of unbranched alkanes of at least 4 members (excludes halogenated alkanes) is 1. The molecule has 1 unspecified atom stereocenters. The number of hydrogen-bond acceptors (Lipinski definition) is 11. The van der Waals surface area contributed by atoms with Gasteiger partial charge in [0.15, 0.2) is 11.6 Å². The lowest BCUT2D eigenvalue weighted by Gasteiger charge is -2.26. The molecule has 0 radical (unpaired) electrons. The maximum absolute atomic E-state index is 14.1. The minimum Gasteiger partial charge on any atom is -0.481 e. The van der Waals surface area contributed by atoms with Gasteiger partial charge in [-0.3, -0.25) is 38.4 Å². The van der Waals surface area contributed by atoms with Crippen LogP contribution in [0.15, 0.2) is 48.5 Å². The summed E-state index contributed by atoms with van der Waals surface area (Å²) in [5.41, 5.74) is 13.1. The number of primary amides is 2. The third-order valence-corrected chi connectivity index (χ3v) is 11.0. The highest BCUT2D eigenvalue weighted by atomic mass is 16.4. The molecule has 0 saturated heterocycles. The lowest BCUT2D eigenvalue weighted by Crippen LogP contribution is -2.48. The second-order valence-corrected chi connectivity index (χ2v) is 17.3. The molecular formula is C47H67N7O13. The van der Waals surface area contributed by atoms with Gasteiger partial charge in [-0.15, -0.1) is 0 Å². The molecule has 67 heavy (non-hydrogen) atoms. The van der Waals surface area contributed by atoms with E-state index in [0.29, 0.717) is 29.8 Å². The average Bonchev–Trinajstić information content (AvgIpc) is 3.23. The Morgan fingerprint density at radius 1 is 0.657 bits per heavy atom. The van der Waals surface area contributed by atoms with E-state index in [1.54, 1.807) is 50.2 Å². The van der Waals surface area contributed by atoms with Gasteiger partial charge in [0.2, 0.25) is 17.7 Å². The molecule has 0 aliphatic rings. The molecule has 0 aliphatic heterocycles. The topological polar surface area (TPSA) is 344 Å². The van der Waals surface area contributed by atoms with Crippen molar-refractivity contribution in [1.82, 2.24) is 16.0 Å². The summed E-state index contributed by atoms with van der Waals surface area (Å²) in [5.74, 6) is -10.3. The SMILES string of the molecule is Cc1ccccc1NC(=O)Nc1ccc(CC(=O)C[C@@H](CCCCNC(N)=O)C(=O)N[C@@H](CCCC(=O)O)C(=O)C[C@H](CCC(=O)O)C(=O)N[C@H](CC(C)C)C(=O)C[C@H](C(N)=O)C(C)O)cc1. The molecule has 20 heteroatoms. The Hall–Kier alpha value is -6.70. The molecule has 0 heterocycles. The Kier molecular flexibility index (Phi) is 24.5. The maximum atomic E-state index is 14.1. The zero-order chi connectivity index (χ0) is 50.2. The summed E-state index contributed by atoms with van der Waals surface area (Å²) in [6.07, 6.45) is -3.31. The fraction of sp³-hybridized carbons (Fsp3) is 0.532. The van der Waals surface area contributed by atoms with Gasteiger partial charge >= 0.3 is 24.0 Å². The van der Waals surface area contributed by atoms with Crippen LogP contribution in [0.3, 0.4) is 0 Å². The van der Waals surface area contributed by atoms with Crippen molar-refractivity contribution in [3.63, 3.8) is 0 Å². The molecule has 2 aromatic carbocycles. The second kappa shape index (κ2) is 29.0. The number of hydrogen-bond donors (Lipinski definition) is 10. The smallest absolute Gasteiger partial charge is 0.323 e. The van der Waals surface area contributed by atoms with Crippen LogP contribution in [0.4, 0.5) is 21.0 Å². The molecular weight excluding hydrogens is 871 g/mol. The number of aliphatic carboxylic acids is 2. The van der Waals surface area contributed by atoms with E-state index in [2.05, 4.69) is 26.6 Å². The number of carbonyl (C=O) groups is 10. The van der Waals surface area contributed by atoms with Crippen LogP contribution in [0, 0.1) is 30.6 Å². The third-order valence-electron chi connectivity index (χ3n) is 11.0. The number of Topliss-reactive ketones (excluding diaryl/α,β-unsaturated/α-hetero) is 3. The molecule has 2 rings (SSSR count). The number of carbonyl (C=O) groups excluding carboxylic acids is 8. The van der Waals surface area contributed by atoms with Crippen LogP contribution in [-0.4, -0.2) is 99.1 Å². The molecule has 0 aromatic heterocycles. The monoisotopic (exact) mass is 937 g/mol. The first-order valence-electron chi connectivity index (χ1n) is 22.4. The predicted octanol–water partition coefficient (Wildman–Crippen LogP) is 3.75. The Balaban J connectivity index is 2.32. The van der Waals surface area contributed by atoms with E-state index >= 15 is 0 Å². The van der Waals surface area contributed by atoms with Crippen molar-refractivity contribution in [3.8, 4) is 0 Å². The van der Waals surface area contributed by atoms with E-state index in [0.717, 1.165) is 5.56 Å². The number of nitrogens with two attached hydrogens (primary N) is 2. The molecule has 0 saturated carbocycles. The molecule has 0 spiro atoms. The minimum atomic E-state index is -1.36. The van der Waals surface area contributed by atoms with Gasteiger partial charge in [0.1, 0.15) is 5.78 Å². The van der Waals surface area contributed by atoms with Gasteiger partial charge in [0.05, 0.1) is 24.1 Å².